The molecule has 2 atom stereocenters. The molecule has 0 bridgehead atoms. The van der Waals surface area contributed by atoms with E-state index in [9.17, 15) is 14.3 Å². The Kier molecular flexibility index (Phi) is 8.20. The number of hydrogen-bond acceptors (Lipinski definition) is 3. The molecule has 0 aliphatic heterocycles. The fourth-order valence-corrected chi connectivity index (χ4v) is 4.56. The number of pyridine rings is 1. The Morgan fingerprint density at radius 1 is 1.18 bits per heavy atom. The first kappa shape index (κ1) is 24.8. The average molecular weight is 452 g/mol. The third kappa shape index (κ3) is 6.17. The average Bonchev–Trinajstić information content (AvgIpc) is 2.92. The van der Waals surface area contributed by atoms with E-state index in [1.807, 2.05) is 31.2 Å². The predicted molar refractivity (Wildman–Crippen MR) is 131 cm³/mol. The minimum absolute atomic E-state index is 0.0193. The highest BCUT2D eigenvalue weighted by Gasteiger charge is 2.24. The molecule has 0 spiro atoms. The summed E-state index contributed by atoms with van der Waals surface area (Å²) in [5, 5.41) is 19.0. The van der Waals surface area contributed by atoms with Gasteiger partial charge in [-0.15, -0.1) is 0 Å². The van der Waals surface area contributed by atoms with Gasteiger partial charge in [-0.3, -0.25) is 9.78 Å². The van der Waals surface area contributed by atoms with Gasteiger partial charge in [-0.2, -0.15) is 0 Å². The topological polar surface area (TPSA) is 70.4 Å². The number of benzene rings is 1. The molecule has 2 aromatic rings. The molecule has 1 heterocycles. The number of rotatable bonds is 8. The molecular formula is C28H34FNO3. The van der Waals surface area contributed by atoms with Crippen molar-refractivity contribution in [2.75, 3.05) is 0 Å². The molecule has 0 fully saturated rings. The molecule has 0 saturated carbocycles. The quantitative estimate of drug-likeness (QED) is 0.442. The van der Waals surface area contributed by atoms with Crippen LogP contribution in [0, 0.1) is 11.7 Å². The maximum Gasteiger partial charge on any atom is 0.305 e. The lowest BCUT2D eigenvalue weighted by Crippen LogP contribution is -2.15. The van der Waals surface area contributed by atoms with E-state index in [-0.39, 0.29) is 24.1 Å². The Hall–Kier alpha value is -2.79. The Labute approximate surface area is 195 Å². The zero-order valence-corrected chi connectivity index (χ0v) is 19.8. The Balaban J connectivity index is 2.14. The third-order valence-corrected chi connectivity index (χ3v) is 6.18. The number of hydrogen-bond donors (Lipinski definition) is 2. The summed E-state index contributed by atoms with van der Waals surface area (Å²) in [5.41, 5.74) is 7.17. The maximum atomic E-state index is 13.7. The van der Waals surface area contributed by atoms with E-state index in [0.717, 1.165) is 64.9 Å². The Morgan fingerprint density at radius 2 is 1.85 bits per heavy atom. The fraction of sp³-hybridized carbons (Fsp3) is 0.429. The number of aliphatic carboxylic acids is 1. The van der Waals surface area contributed by atoms with Gasteiger partial charge in [0.15, 0.2) is 0 Å². The lowest BCUT2D eigenvalue weighted by Gasteiger charge is -2.22. The minimum Gasteiger partial charge on any atom is -0.481 e. The number of allylic oxidation sites excluding steroid dienone is 2. The molecule has 0 saturated heterocycles. The number of aliphatic hydroxyl groups excluding tert-OH is 1. The van der Waals surface area contributed by atoms with E-state index in [0.29, 0.717) is 6.42 Å². The number of aromatic nitrogens is 1. The first-order valence-electron chi connectivity index (χ1n) is 11.8. The van der Waals surface area contributed by atoms with Crippen LogP contribution < -0.4 is 0 Å². The summed E-state index contributed by atoms with van der Waals surface area (Å²) in [7, 11) is 0. The van der Waals surface area contributed by atoms with Gasteiger partial charge in [-0.1, -0.05) is 51.6 Å². The van der Waals surface area contributed by atoms with Gasteiger partial charge >= 0.3 is 5.97 Å². The van der Waals surface area contributed by atoms with E-state index < -0.39 is 12.1 Å². The summed E-state index contributed by atoms with van der Waals surface area (Å²) in [6, 6.07) is 6.61. The third-order valence-electron chi connectivity index (χ3n) is 6.18. The van der Waals surface area contributed by atoms with Crippen LogP contribution in [0.4, 0.5) is 4.39 Å². The summed E-state index contributed by atoms with van der Waals surface area (Å²) >= 11 is 0. The number of carboxylic acids is 1. The molecule has 0 radical (unpaired) electrons. The summed E-state index contributed by atoms with van der Waals surface area (Å²) in [4.78, 5) is 16.0. The van der Waals surface area contributed by atoms with E-state index in [4.69, 9.17) is 10.1 Å². The SMILES string of the molecule is C=C1CCCCc2c1nc(C(C)C)c(/C=C/[C@@H](C)C[C@@H](O)CC(=O)O)c2-c1ccc(F)cc1. The second-order valence-corrected chi connectivity index (χ2v) is 9.41. The van der Waals surface area contributed by atoms with Gasteiger partial charge in [0.1, 0.15) is 5.82 Å². The van der Waals surface area contributed by atoms with Gasteiger partial charge in [-0.25, -0.2) is 4.39 Å². The van der Waals surface area contributed by atoms with E-state index in [2.05, 4.69) is 20.4 Å². The number of aliphatic hydroxyl groups is 1. The van der Waals surface area contributed by atoms with Crippen LogP contribution in [-0.2, 0) is 11.2 Å². The second kappa shape index (κ2) is 10.9. The number of halogens is 1. The summed E-state index contributed by atoms with van der Waals surface area (Å²) < 4.78 is 13.7. The van der Waals surface area contributed by atoms with Crippen molar-refractivity contribution in [1.82, 2.24) is 4.98 Å². The van der Waals surface area contributed by atoms with Crippen molar-refractivity contribution in [3.63, 3.8) is 0 Å². The molecule has 2 N–H and O–H groups in total. The lowest BCUT2D eigenvalue weighted by atomic mass is 9.86. The molecule has 1 aromatic heterocycles. The zero-order valence-electron chi connectivity index (χ0n) is 19.8. The highest BCUT2D eigenvalue weighted by molar-refractivity contribution is 5.84. The maximum absolute atomic E-state index is 13.7. The molecule has 1 aliphatic rings. The van der Waals surface area contributed by atoms with Crippen molar-refractivity contribution in [2.24, 2.45) is 5.92 Å². The summed E-state index contributed by atoms with van der Waals surface area (Å²) in [5.74, 6) is -1.13. The van der Waals surface area contributed by atoms with Crippen LogP contribution >= 0.6 is 0 Å². The van der Waals surface area contributed by atoms with Gasteiger partial charge in [0.2, 0.25) is 0 Å². The normalized spacial score (nSPS) is 16.0. The van der Waals surface area contributed by atoms with Crippen LogP contribution in [0.2, 0.25) is 0 Å². The van der Waals surface area contributed by atoms with Gasteiger partial charge in [0.25, 0.3) is 0 Å². The smallest absolute Gasteiger partial charge is 0.305 e. The number of carboxylic acid groups (broad SMARTS) is 1. The molecule has 5 heteroatoms. The molecule has 4 nitrogen and oxygen atoms in total. The van der Waals surface area contributed by atoms with Crippen molar-refractivity contribution in [2.45, 2.75) is 71.3 Å². The Morgan fingerprint density at radius 3 is 2.48 bits per heavy atom. The molecule has 33 heavy (non-hydrogen) atoms. The monoisotopic (exact) mass is 451 g/mol. The van der Waals surface area contributed by atoms with E-state index >= 15 is 0 Å². The van der Waals surface area contributed by atoms with Crippen molar-refractivity contribution < 1.29 is 19.4 Å². The molecule has 0 unspecified atom stereocenters. The lowest BCUT2D eigenvalue weighted by molar-refractivity contribution is -0.139. The van der Waals surface area contributed by atoms with Crippen LogP contribution in [0.1, 0.15) is 81.3 Å². The van der Waals surface area contributed by atoms with Gasteiger partial charge in [-0.05, 0) is 78.3 Å². The molecular weight excluding hydrogens is 417 g/mol. The molecule has 3 rings (SSSR count). The summed E-state index contributed by atoms with van der Waals surface area (Å²) in [6.07, 6.45) is 7.19. The van der Waals surface area contributed by atoms with Gasteiger partial charge in [0.05, 0.1) is 23.9 Å². The standard InChI is InChI=1S/C28H34FNO3/c1-17(2)27-24(14-9-18(3)15-22(31)16-25(32)33)26(20-10-12-21(29)13-11-20)23-8-6-5-7-19(4)28(23)30-27/h9-14,17-18,22,31H,4-8,15-16H2,1-3H3,(H,32,33)/b14-9+/t18-,22-/m1/s1. The second-order valence-electron chi connectivity index (χ2n) is 9.41. The molecule has 0 amide bonds. The van der Waals surface area contributed by atoms with Crippen LogP contribution in [0.25, 0.3) is 22.8 Å². The first-order chi connectivity index (χ1) is 15.7. The Bertz CT molecular complexity index is 1040. The zero-order chi connectivity index (χ0) is 24.1. The molecule has 1 aliphatic carbocycles. The van der Waals surface area contributed by atoms with Crippen LogP contribution in [0.5, 0.6) is 0 Å². The minimum atomic E-state index is -1.01. The van der Waals surface area contributed by atoms with Crippen LogP contribution in [-0.4, -0.2) is 27.3 Å². The number of fused-ring (bicyclic) bond motifs is 1. The van der Waals surface area contributed by atoms with Crippen molar-refractivity contribution >= 4 is 17.6 Å². The van der Waals surface area contributed by atoms with Crippen molar-refractivity contribution in [1.29, 1.82) is 0 Å². The van der Waals surface area contributed by atoms with Gasteiger partial charge < -0.3 is 10.2 Å². The summed E-state index contributed by atoms with van der Waals surface area (Å²) in [6.45, 7) is 10.5. The van der Waals surface area contributed by atoms with Crippen molar-refractivity contribution in [3.05, 3.63) is 65.3 Å². The predicted octanol–water partition coefficient (Wildman–Crippen LogP) is 6.63. The van der Waals surface area contributed by atoms with Crippen molar-refractivity contribution in [3.8, 4) is 11.1 Å². The highest BCUT2D eigenvalue weighted by Crippen LogP contribution is 2.40. The van der Waals surface area contributed by atoms with E-state index in [1.54, 1.807) is 0 Å². The molecule has 1 aromatic carbocycles. The number of carbonyl (C=O) groups is 1. The number of nitrogens with zero attached hydrogens (tertiary/aromatic N) is 1. The largest absolute Gasteiger partial charge is 0.481 e. The van der Waals surface area contributed by atoms with Gasteiger partial charge in [0, 0.05) is 5.56 Å². The van der Waals surface area contributed by atoms with E-state index in [1.165, 1.54) is 12.1 Å². The first-order valence-corrected chi connectivity index (χ1v) is 11.8. The molecule has 176 valence electrons. The van der Waals surface area contributed by atoms with Crippen LogP contribution in [0.15, 0.2) is 36.9 Å². The highest BCUT2D eigenvalue weighted by atomic mass is 19.1. The van der Waals surface area contributed by atoms with Crippen LogP contribution in [0.3, 0.4) is 0 Å². The fourth-order valence-electron chi connectivity index (χ4n) is 4.56.